The van der Waals surface area contributed by atoms with Crippen molar-refractivity contribution in [2.45, 2.75) is 31.7 Å². The molecule has 3 aliphatic carbocycles. The molecule has 1 N–H and O–H groups in total. The van der Waals surface area contributed by atoms with Gasteiger partial charge in [0.25, 0.3) is 0 Å². The topological polar surface area (TPSA) is 46.2 Å². The van der Waals surface area contributed by atoms with Crippen molar-refractivity contribution < 1.29 is 9.59 Å². The van der Waals surface area contributed by atoms with E-state index in [0.29, 0.717) is 18.8 Å². The Kier molecular flexibility index (Phi) is 3.68. The second-order valence-electron chi connectivity index (χ2n) is 5.65. The second-order valence-corrected chi connectivity index (χ2v) is 5.65. The molecule has 1 saturated carbocycles. The molecule has 1 fully saturated rings. The molecule has 3 nitrogen and oxygen atoms in total. The Hall–Kier alpha value is -1.90. The molecule has 3 rings (SSSR count). The highest BCUT2D eigenvalue weighted by Gasteiger charge is 2.28. The highest BCUT2D eigenvalue weighted by molar-refractivity contribution is 5.91. The third kappa shape index (κ3) is 2.67. The molecule has 0 saturated heterocycles. The highest BCUT2D eigenvalue weighted by Crippen LogP contribution is 2.32. The Balaban J connectivity index is 1.62. The van der Waals surface area contributed by atoms with Gasteiger partial charge < -0.3 is 5.32 Å². The normalized spacial score (nSPS) is 31.1. The minimum Gasteiger partial charge on any atom is -0.346 e. The summed E-state index contributed by atoms with van der Waals surface area (Å²) in [5.41, 5.74) is 1.13. The van der Waals surface area contributed by atoms with Crippen molar-refractivity contribution in [3.8, 4) is 0 Å². The van der Waals surface area contributed by atoms with Crippen molar-refractivity contribution in [3.05, 3.63) is 48.1 Å². The molecule has 3 aliphatic rings. The summed E-state index contributed by atoms with van der Waals surface area (Å²) in [5, 5.41) is 2.88. The molecule has 0 radical (unpaired) electrons. The fourth-order valence-corrected chi connectivity index (χ4v) is 3.17. The van der Waals surface area contributed by atoms with E-state index in [1.165, 1.54) is 0 Å². The minimum absolute atomic E-state index is 0.0338. The van der Waals surface area contributed by atoms with Crippen LogP contribution in [0, 0.1) is 11.8 Å². The maximum Gasteiger partial charge on any atom is 0.224 e. The molecule has 1 amide bonds. The van der Waals surface area contributed by atoms with Crippen molar-refractivity contribution in [2.24, 2.45) is 11.8 Å². The van der Waals surface area contributed by atoms with Gasteiger partial charge in [-0.15, -0.1) is 0 Å². The number of carbonyl (C=O) groups is 2. The monoisotopic (exact) mass is 269 g/mol. The first-order chi connectivity index (χ1) is 9.74. The second kappa shape index (κ2) is 5.61. The Morgan fingerprint density at radius 2 is 2.00 bits per heavy atom. The van der Waals surface area contributed by atoms with E-state index in [4.69, 9.17) is 0 Å². The molecule has 0 aliphatic heterocycles. The number of ketones is 1. The van der Waals surface area contributed by atoms with Gasteiger partial charge in [0.2, 0.25) is 5.91 Å². The average molecular weight is 269 g/mol. The van der Waals surface area contributed by atoms with Gasteiger partial charge in [-0.25, -0.2) is 0 Å². The quantitative estimate of drug-likeness (QED) is 0.855. The van der Waals surface area contributed by atoms with Crippen molar-refractivity contribution in [1.29, 1.82) is 0 Å². The summed E-state index contributed by atoms with van der Waals surface area (Å²) < 4.78 is 0. The van der Waals surface area contributed by atoms with Gasteiger partial charge in [0.1, 0.15) is 0 Å². The highest BCUT2D eigenvalue weighted by atomic mass is 16.2. The first-order valence-corrected chi connectivity index (χ1v) is 7.28. The molecule has 104 valence electrons. The zero-order valence-corrected chi connectivity index (χ0v) is 11.4. The zero-order valence-electron chi connectivity index (χ0n) is 11.4. The van der Waals surface area contributed by atoms with Crippen LogP contribution in [0.1, 0.15) is 25.7 Å². The van der Waals surface area contributed by atoms with Crippen molar-refractivity contribution in [3.63, 3.8) is 0 Å². The van der Waals surface area contributed by atoms with Gasteiger partial charge in [-0.3, -0.25) is 9.59 Å². The van der Waals surface area contributed by atoms with E-state index in [1.807, 2.05) is 24.3 Å². The van der Waals surface area contributed by atoms with Gasteiger partial charge in [-0.1, -0.05) is 48.1 Å². The minimum atomic E-state index is -0.250. The summed E-state index contributed by atoms with van der Waals surface area (Å²) in [6.07, 6.45) is 17.3. The summed E-state index contributed by atoms with van der Waals surface area (Å²) in [6.45, 7) is 0. The fourth-order valence-electron chi connectivity index (χ4n) is 3.17. The molecule has 0 aromatic heterocycles. The zero-order chi connectivity index (χ0) is 13.9. The van der Waals surface area contributed by atoms with Crippen LogP contribution in [-0.4, -0.2) is 17.7 Å². The fraction of sp³-hybridized carbons (Fsp3) is 0.412. The Morgan fingerprint density at radius 1 is 1.20 bits per heavy atom. The van der Waals surface area contributed by atoms with Gasteiger partial charge in [-0.05, 0) is 12.8 Å². The van der Waals surface area contributed by atoms with E-state index < -0.39 is 0 Å². The lowest BCUT2D eigenvalue weighted by molar-refractivity contribution is -0.126. The van der Waals surface area contributed by atoms with E-state index >= 15 is 0 Å². The van der Waals surface area contributed by atoms with Crippen LogP contribution in [0.4, 0.5) is 0 Å². The SMILES string of the molecule is O=C(CC1=CC=CC2C=CC=CC12)N[C@@H]1CCCC1=O. The van der Waals surface area contributed by atoms with Crippen LogP contribution >= 0.6 is 0 Å². The number of Topliss-reactive ketones (excluding diaryl/α,β-unsaturated/α-hetero) is 1. The molecule has 0 aromatic carbocycles. The predicted molar refractivity (Wildman–Crippen MR) is 77.9 cm³/mol. The van der Waals surface area contributed by atoms with Crippen LogP contribution in [-0.2, 0) is 9.59 Å². The number of allylic oxidation sites excluding steroid dienone is 7. The van der Waals surface area contributed by atoms with E-state index in [0.717, 1.165) is 18.4 Å². The van der Waals surface area contributed by atoms with Gasteiger partial charge in [0.15, 0.2) is 5.78 Å². The number of rotatable bonds is 3. The lowest BCUT2D eigenvalue weighted by Crippen LogP contribution is -2.38. The van der Waals surface area contributed by atoms with Gasteiger partial charge >= 0.3 is 0 Å². The molecule has 20 heavy (non-hydrogen) atoms. The first-order valence-electron chi connectivity index (χ1n) is 7.28. The first kappa shape index (κ1) is 13.1. The number of fused-ring (bicyclic) bond motifs is 1. The smallest absolute Gasteiger partial charge is 0.224 e. The van der Waals surface area contributed by atoms with Crippen LogP contribution < -0.4 is 5.32 Å². The Labute approximate surface area is 119 Å². The lowest BCUT2D eigenvalue weighted by atomic mass is 9.78. The van der Waals surface area contributed by atoms with Gasteiger partial charge in [-0.2, -0.15) is 0 Å². The number of hydrogen-bond donors (Lipinski definition) is 1. The van der Waals surface area contributed by atoms with E-state index in [2.05, 4.69) is 23.5 Å². The van der Waals surface area contributed by atoms with Crippen LogP contribution in [0.15, 0.2) is 48.1 Å². The van der Waals surface area contributed by atoms with Crippen molar-refractivity contribution >= 4 is 11.7 Å². The molecular weight excluding hydrogens is 250 g/mol. The molecule has 3 atom stereocenters. The predicted octanol–water partition coefficient (Wildman–Crippen LogP) is 2.47. The maximum absolute atomic E-state index is 12.1. The third-order valence-electron chi connectivity index (χ3n) is 4.25. The van der Waals surface area contributed by atoms with Crippen molar-refractivity contribution in [2.75, 3.05) is 0 Å². The molecule has 0 heterocycles. The van der Waals surface area contributed by atoms with Crippen LogP contribution in [0.25, 0.3) is 0 Å². The van der Waals surface area contributed by atoms with Gasteiger partial charge in [0.05, 0.1) is 6.04 Å². The van der Waals surface area contributed by atoms with Gasteiger partial charge in [0, 0.05) is 24.7 Å². The number of hydrogen-bond acceptors (Lipinski definition) is 2. The summed E-state index contributed by atoms with van der Waals surface area (Å²) in [6, 6.07) is -0.250. The van der Waals surface area contributed by atoms with E-state index in [-0.39, 0.29) is 23.7 Å². The van der Waals surface area contributed by atoms with E-state index in [1.54, 1.807) is 0 Å². The molecule has 3 heteroatoms. The largest absolute Gasteiger partial charge is 0.346 e. The average Bonchev–Trinajstić information content (AvgIpc) is 2.85. The van der Waals surface area contributed by atoms with Crippen LogP contribution in [0.3, 0.4) is 0 Å². The molecule has 0 bridgehead atoms. The summed E-state index contributed by atoms with van der Waals surface area (Å²) in [4.78, 5) is 23.7. The summed E-state index contributed by atoms with van der Waals surface area (Å²) in [7, 11) is 0. The Bertz CT molecular complexity index is 539. The van der Waals surface area contributed by atoms with E-state index in [9.17, 15) is 9.59 Å². The molecule has 0 spiro atoms. The summed E-state index contributed by atoms with van der Waals surface area (Å²) in [5.74, 6) is 0.790. The van der Waals surface area contributed by atoms with Crippen molar-refractivity contribution in [1.82, 2.24) is 5.32 Å². The van der Waals surface area contributed by atoms with Crippen LogP contribution in [0.2, 0.25) is 0 Å². The van der Waals surface area contributed by atoms with Crippen LogP contribution in [0.5, 0.6) is 0 Å². The Morgan fingerprint density at radius 3 is 2.80 bits per heavy atom. The number of nitrogens with one attached hydrogen (secondary N) is 1. The molecule has 2 unspecified atom stereocenters. The number of amides is 1. The third-order valence-corrected chi connectivity index (χ3v) is 4.25. The molecular formula is C17H19NO2. The number of carbonyl (C=O) groups excluding carboxylic acids is 2. The maximum atomic E-state index is 12.1. The summed E-state index contributed by atoms with van der Waals surface area (Å²) >= 11 is 0. The standard InChI is InChI=1S/C17H19NO2/c19-16-10-4-9-15(16)18-17(20)11-13-7-3-6-12-5-1-2-8-14(12)13/h1-3,5-8,12,14-15H,4,9-11H2,(H,18,20)/t12?,14?,15-/m1/s1. The lowest BCUT2D eigenvalue weighted by Gasteiger charge is -2.27. The molecule has 0 aromatic rings.